The second kappa shape index (κ2) is 4.37. The van der Waals surface area contributed by atoms with E-state index in [1.165, 1.54) is 4.90 Å². The predicted molar refractivity (Wildman–Crippen MR) is 52.5 cm³/mol. The fourth-order valence-electron chi connectivity index (χ4n) is 1.94. The molecule has 1 N–H and O–H groups in total. The Balaban J connectivity index is 2.28. The smallest absolute Gasteiger partial charge is 0.225 e. The zero-order chi connectivity index (χ0) is 12.6. The van der Waals surface area contributed by atoms with Crippen LogP contribution in [0.1, 0.15) is 17.9 Å². The minimum atomic E-state index is -1.52. The molecule has 17 heavy (non-hydrogen) atoms. The Morgan fingerprint density at radius 1 is 1.29 bits per heavy atom. The summed E-state index contributed by atoms with van der Waals surface area (Å²) in [6, 6.07) is 1.77. The molecule has 1 atom stereocenters. The Hall–Kier alpha value is -1.56. The molecule has 2 rings (SSSR count). The minimum Gasteiger partial charge on any atom is -0.376 e. The van der Waals surface area contributed by atoms with E-state index in [2.05, 4.69) is 0 Å². The third-order valence-corrected chi connectivity index (χ3v) is 2.86. The first kappa shape index (κ1) is 11.9. The van der Waals surface area contributed by atoms with Crippen LogP contribution in [0.25, 0.3) is 0 Å². The van der Waals surface area contributed by atoms with Crippen LogP contribution in [0.4, 0.5) is 13.2 Å². The summed E-state index contributed by atoms with van der Waals surface area (Å²) in [5.41, 5.74) is 0.228. The molecular formula is C11H10F3NO2. The summed E-state index contributed by atoms with van der Waals surface area (Å²) in [7, 11) is 0. The third kappa shape index (κ3) is 2.12. The summed E-state index contributed by atoms with van der Waals surface area (Å²) in [6.07, 6.45) is 0.0606. The number of benzene rings is 1. The van der Waals surface area contributed by atoms with Crippen LogP contribution < -0.4 is 0 Å². The number of rotatable bonds is 2. The summed E-state index contributed by atoms with van der Waals surface area (Å²) in [4.78, 5) is 12.5. The van der Waals surface area contributed by atoms with Crippen molar-refractivity contribution in [3.8, 4) is 0 Å². The van der Waals surface area contributed by atoms with Crippen molar-refractivity contribution in [1.82, 2.24) is 4.90 Å². The summed E-state index contributed by atoms with van der Waals surface area (Å²) < 4.78 is 38.8. The number of nitrogens with zero attached hydrogens (tertiary/aromatic N) is 1. The van der Waals surface area contributed by atoms with E-state index in [1.54, 1.807) is 0 Å². The summed E-state index contributed by atoms with van der Waals surface area (Å²) in [5.74, 6) is -4.76. The second-order valence-corrected chi connectivity index (χ2v) is 3.96. The summed E-state index contributed by atoms with van der Waals surface area (Å²) >= 11 is 0. The van der Waals surface area contributed by atoms with Gasteiger partial charge in [-0.25, -0.2) is 13.2 Å². The fraction of sp³-hybridized carbons (Fsp3) is 0.364. The Morgan fingerprint density at radius 2 is 1.88 bits per heavy atom. The standard InChI is InChI=1S/C11H10F3NO2/c12-8-1-6(2-9(13)11(8)14)7-3-10(17)15(4-7)5-16/h1-2,7,16H,3-5H2/t7-/m0/s1. The van der Waals surface area contributed by atoms with Gasteiger partial charge in [0.1, 0.15) is 6.73 Å². The zero-order valence-electron chi connectivity index (χ0n) is 8.79. The van der Waals surface area contributed by atoms with Gasteiger partial charge < -0.3 is 10.0 Å². The van der Waals surface area contributed by atoms with Gasteiger partial charge in [-0.3, -0.25) is 4.79 Å². The molecule has 1 aliphatic rings. The monoisotopic (exact) mass is 245 g/mol. The van der Waals surface area contributed by atoms with Crippen LogP contribution in [0.5, 0.6) is 0 Å². The molecule has 1 heterocycles. The van der Waals surface area contributed by atoms with Crippen molar-refractivity contribution >= 4 is 5.91 Å². The topological polar surface area (TPSA) is 40.5 Å². The number of amides is 1. The molecular weight excluding hydrogens is 235 g/mol. The van der Waals surface area contributed by atoms with Gasteiger partial charge in [0, 0.05) is 18.9 Å². The maximum atomic E-state index is 13.0. The van der Waals surface area contributed by atoms with Crippen LogP contribution in [0.3, 0.4) is 0 Å². The SMILES string of the molecule is O=C1C[C@H](c2cc(F)c(F)c(F)c2)CN1CO. The minimum absolute atomic E-state index is 0.0606. The third-order valence-electron chi connectivity index (χ3n) is 2.86. The number of halogens is 3. The number of hydrogen-bond acceptors (Lipinski definition) is 2. The van der Waals surface area contributed by atoms with Gasteiger partial charge in [-0.15, -0.1) is 0 Å². The maximum Gasteiger partial charge on any atom is 0.225 e. The highest BCUT2D eigenvalue weighted by atomic mass is 19.2. The maximum absolute atomic E-state index is 13.0. The molecule has 0 spiro atoms. The van der Waals surface area contributed by atoms with E-state index in [0.29, 0.717) is 0 Å². The van der Waals surface area contributed by atoms with E-state index in [-0.39, 0.29) is 24.4 Å². The first-order valence-corrected chi connectivity index (χ1v) is 5.06. The first-order valence-electron chi connectivity index (χ1n) is 5.06. The van der Waals surface area contributed by atoms with E-state index in [1.807, 2.05) is 0 Å². The van der Waals surface area contributed by atoms with Gasteiger partial charge in [-0.1, -0.05) is 0 Å². The molecule has 1 saturated heterocycles. The quantitative estimate of drug-likeness (QED) is 0.799. The first-order chi connectivity index (χ1) is 8.02. The average molecular weight is 245 g/mol. The van der Waals surface area contributed by atoms with Crippen molar-refractivity contribution < 1.29 is 23.1 Å². The van der Waals surface area contributed by atoms with E-state index in [0.717, 1.165) is 12.1 Å². The molecule has 0 saturated carbocycles. The van der Waals surface area contributed by atoms with Crippen molar-refractivity contribution in [2.24, 2.45) is 0 Å². The van der Waals surface area contributed by atoms with E-state index in [9.17, 15) is 18.0 Å². The lowest BCUT2D eigenvalue weighted by Gasteiger charge is -2.13. The van der Waals surface area contributed by atoms with E-state index >= 15 is 0 Å². The van der Waals surface area contributed by atoms with Crippen LogP contribution in [0, 0.1) is 17.5 Å². The number of aliphatic hydroxyl groups excluding tert-OH is 1. The molecule has 1 fully saturated rings. The van der Waals surface area contributed by atoms with E-state index < -0.39 is 30.1 Å². The van der Waals surface area contributed by atoms with Crippen LogP contribution in [0.2, 0.25) is 0 Å². The van der Waals surface area contributed by atoms with Gasteiger partial charge in [0.15, 0.2) is 17.5 Å². The molecule has 0 radical (unpaired) electrons. The molecule has 0 unspecified atom stereocenters. The Kier molecular flexibility index (Phi) is 3.06. The zero-order valence-corrected chi connectivity index (χ0v) is 8.79. The van der Waals surface area contributed by atoms with Crippen LogP contribution in [0.15, 0.2) is 12.1 Å². The molecule has 6 heteroatoms. The number of carbonyl (C=O) groups is 1. The Labute approximate surface area is 95.5 Å². The molecule has 0 aliphatic carbocycles. The number of aliphatic hydroxyl groups is 1. The molecule has 1 aromatic rings. The lowest BCUT2D eigenvalue weighted by atomic mass is 9.98. The summed E-state index contributed by atoms with van der Waals surface area (Å²) in [5, 5.41) is 8.85. The van der Waals surface area contributed by atoms with Gasteiger partial charge in [0.2, 0.25) is 5.91 Å². The van der Waals surface area contributed by atoms with Crippen LogP contribution >= 0.6 is 0 Å². The van der Waals surface area contributed by atoms with Crippen LogP contribution in [-0.2, 0) is 4.79 Å². The molecule has 0 bridgehead atoms. The molecule has 1 aliphatic heterocycles. The Bertz CT molecular complexity index is 441. The van der Waals surface area contributed by atoms with Crippen molar-refractivity contribution in [3.63, 3.8) is 0 Å². The van der Waals surface area contributed by atoms with Gasteiger partial charge in [0.05, 0.1) is 0 Å². The van der Waals surface area contributed by atoms with Gasteiger partial charge in [-0.05, 0) is 17.7 Å². The second-order valence-electron chi connectivity index (χ2n) is 3.96. The highest BCUT2D eigenvalue weighted by Gasteiger charge is 2.31. The normalized spacial score (nSPS) is 20.1. The van der Waals surface area contributed by atoms with Crippen LogP contribution in [-0.4, -0.2) is 29.2 Å². The lowest BCUT2D eigenvalue weighted by Crippen LogP contribution is -2.25. The Morgan fingerprint density at radius 3 is 2.35 bits per heavy atom. The van der Waals surface area contributed by atoms with E-state index in [4.69, 9.17) is 5.11 Å². The highest BCUT2D eigenvalue weighted by molar-refractivity contribution is 5.79. The number of carbonyl (C=O) groups excluding carboxylic acids is 1. The average Bonchev–Trinajstić information content (AvgIpc) is 2.66. The lowest BCUT2D eigenvalue weighted by molar-refractivity contribution is -0.130. The van der Waals surface area contributed by atoms with Crippen molar-refractivity contribution in [2.75, 3.05) is 13.3 Å². The molecule has 0 aromatic heterocycles. The fourth-order valence-corrected chi connectivity index (χ4v) is 1.94. The van der Waals surface area contributed by atoms with Crippen molar-refractivity contribution in [1.29, 1.82) is 0 Å². The molecule has 1 amide bonds. The molecule has 1 aromatic carbocycles. The van der Waals surface area contributed by atoms with Gasteiger partial charge in [-0.2, -0.15) is 0 Å². The summed E-state index contributed by atoms with van der Waals surface area (Å²) in [6.45, 7) is -0.249. The molecule has 3 nitrogen and oxygen atoms in total. The van der Waals surface area contributed by atoms with Crippen molar-refractivity contribution in [3.05, 3.63) is 35.1 Å². The van der Waals surface area contributed by atoms with Gasteiger partial charge in [0.25, 0.3) is 0 Å². The predicted octanol–water partition coefficient (Wildman–Crippen LogP) is 1.37. The largest absolute Gasteiger partial charge is 0.376 e. The number of likely N-dealkylation sites (tertiary alicyclic amines) is 1. The van der Waals surface area contributed by atoms with Crippen molar-refractivity contribution in [2.45, 2.75) is 12.3 Å². The highest BCUT2D eigenvalue weighted by Crippen LogP contribution is 2.29. The number of hydrogen-bond donors (Lipinski definition) is 1. The van der Waals surface area contributed by atoms with Gasteiger partial charge >= 0.3 is 0 Å². The molecule has 92 valence electrons.